The fourth-order valence-corrected chi connectivity index (χ4v) is 4.37. The Morgan fingerprint density at radius 3 is 2.41 bits per heavy atom. The summed E-state index contributed by atoms with van der Waals surface area (Å²) in [5, 5.41) is 31.2. The van der Waals surface area contributed by atoms with Crippen molar-refractivity contribution >= 4 is 27.8 Å². The van der Waals surface area contributed by atoms with E-state index in [1.54, 1.807) is 0 Å². The zero-order valence-electron chi connectivity index (χ0n) is 17.3. The van der Waals surface area contributed by atoms with Crippen molar-refractivity contribution in [3.05, 3.63) is 41.5 Å². The number of primary amides is 1. The van der Waals surface area contributed by atoms with Gasteiger partial charge in [-0.15, -0.1) is 0 Å². The molecule has 0 bridgehead atoms. The summed E-state index contributed by atoms with van der Waals surface area (Å²) in [7, 11) is -4.64. The summed E-state index contributed by atoms with van der Waals surface area (Å²) in [4.78, 5) is 33.9. The molecule has 0 radical (unpaired) electrons. The van der Waals surface area contributed by atoms with Crippen LogP contribution in [0.2, 0.25) is 0 Å². The number of rotatable bonds is 9. The van der Waals surface area contributed by atoms with Gasteiger partial charge < -0.3 is 26.4 Å². The number of carboxylic acid groups (broad SMARTS) is 1. The molecule has 1 aliphatic rings. The second kappa shape index (κ2) is 10.5. The van der Waals surface area contributed by atoms with Gasteiger partial charge in [-0.25, -0.2) is 13.1 Å². The van der Waals surface area contributed by atoms with Crippen LogP contribution in [-0.4, -0.2) is 65.8 Å². The number of aliphatic carboxylic acids is 1. The van der Waals surface area contributed by atoms with Crippen LogP contribution in [0.3, 0.4) is 0 Å². The van der Waals surface area contributed by atoms with Gasteiger partial charge in [-0.1, -0.05) is 12.1 Å². The number of amides is 2. The summed E-state index contributed by atoms with van der Waals surface area (Å²) < 4.78 is 65.9. The lowest BCUT2D eigenvalue weighted by molar-refractivity contribution is -0.138. The van der Waals surface area contributed by atoms with Gasteiger partial charge in [0.2, 0.25) is 21.8 Å². The van der Waals surface area contributed by atoms with Gasteiger partial charge in [-0.2, -0.15) is 13.2 Å². The molecule has 11 nitrogen and oxygen atoms in total. The maximum atomic E-state index is 12.9. The molecule has 7 N–H and O–H groups in total. The van der Waals surface area contributed by atoms with Gasteiger partial charge in [0.1, 0.15) is 12.1 Å². The highest BCUT2D eigenvalue weighted by Gasteiger charge is 2.37. The molecule has 0 fully saturated rings. The fraction of sp³-hybridized carbons (Fsp3) is 0.421. The summed E-state index contributed by atoms with van der Waals surface area (Å²) in [5.74, 6) is -3.27. The van der Waals surface area contributed by atoms with Crippen molar-refractivity contribution in [1.29, 1.82) is 0 Å². The summed E-state index contributed by atoms with van der Waals surface area (Å²) >= 11 is 0. The number of nitrogens with one attached hydrogen (secondary N) is 2. The molecular formula is C19H22F3N3O8S. The molecule has 2 amide bonds. The minimum Gasteiger partial charge on any atom is -0.481 e. The van der Waals surface area contributed by atoms with Gasteiger partial charge in [0.15, 0.2) is 0 Å². The second-order valence-corrected chi connectivity index (χ2v) is 9.20. The Kier molecular flexibility index (Phi) is 8.41. The molecule has 0 saturated carbocycles. The lowest BCUT2D eigenvalue weighted by atomic mass is 9.90. The zero-order chi connectivity index (χ0) is 25.8. The van der Waals surface area contributed by atoms with Crippen molar-refractivity contribution in [2.24, 2.45) is 5.73 Å². The van der Waals surface area contributed by atoms with Crippen molar-refractivity contribution in [3.8, 4) is 0 Å². The quantitative estimate of drug-likeness (QED) is 0.250. The van der Waals surface area contributed by atoms with E-state index in [0.717, 1.165) is 18.2 Å². The molecule has 4 unspecified atom stereocenters. The molecule has 34 heavy (non-hydrogen) atoms. The number of carbonyl (C=O) groups is 3. The van der Waals surface area contributed by atoms with Crippen LogP contribution in [0.15, 0.2) is 40.8 Å². The number of hydrogen-bond donors (Lipinski definition) is 6. The Morgan fingerprint density at radius 1 is 1.21 bits per heavy atom. The lowest BCUT2D eigenvalue weighted by Gasteiger charge is -2.31. The summed E-state index contributed by atoms with van der Waals surface area (Å²) in [6.45, 7) is 0. The first-order valence-corrected chi connectivity index (χ1v) is 11.2. The Hall–Kier alpha value is -3.01. The largest absolute Gasteiger partial charge is 0.481 e. The van der Waals surface area contributed by atoms with E-state index in [4.69, 9.17) is 10.8 Å². The SMILES string of the molecule is NC(=O)C(CCC(=O)O)NC(=O)C1=CC(NS(=O)(=O)c2cccc(C(F)(F)F)c2)C(O)C(O)C1. The van der Waals surface area contributed by atoms with Crippen LogP contribution < -0.4 is 15.8 Å². The van der Waals surface area contributed by atoms with Crippen LogP contribution >= 0.6 is 0 Å². The van der Waals surface area contributed by atoms with Crippen LogP contribution in [0.5, 0.6) is 0 Å². The van der Waals surface area contributed by atoms with Gasteiger partial charge in [0, 0.05) is 18.4 Å². The number of aliphatic hydroxyl groups is 2. The average molecular weight is 509 g/mol. The second-order valence-electron chi connectivity index (χ2n) is 7.49. The van der Waals surface area contributed by atoms with Crippen LogP contribution in [0.1, 0.15) is 24.8 Å². The van der Waals surface area contributed by atoms with Gasteiger partial charge in [-0.05, 0) is 24.6 Å². The highest BCUT2D eigenvalue weighted by molar-refractivity contribution is 7.89. The minimum atomic E-state index is -4.81. The molecule has 1 aromatic carbocycles. The van der Waals surface area contributed by atoms with Crippen LogP contribution in [0.4, 0.5) is 13.2 Å². The number of benzene rings is 1. The molecule has 4 atom stereocenters. The van der Waals surface area contributed by atoms with Crippen molar-refractivity contribution in [3.63, 3.8) is 0 Å². The normalized spacial score (nSPS) is 21.9. The first-order chi connectivity index (χ1) is 15.6. The molecular weight excluding hydrogens is 487 g/mol. The van der Waals surface area contributed by atoms with Crippen molar-refractivity contribution < 1.29 is 51.3 Å². The van der Waals surface area contributed by atoms with Crippen molar-refractivity contribution in [2.75, 3.05) is 0 Å². The smallest absolute Gasteiger partial charge is 0.416 e. The lowest BCUT2D eigenvalue weighted by Crippen LogP contribution is -2.52. The Bertz CT molecular complexity index is 1090. The Balaban J connectivity index is 2.27. The molecule has 1 aliphatic carbocycles. The molecule has 0 aromatic heterocycles. The van der Waals surface area contributed by atoms with Crippen molar-refractivity contribution in [2.45, 2.75) is 54.6 Å². The summed E-state index contributed by atoms with van der Waals surface area (Å²) in [5.41, 5.74) is 3.65. The number of carbonyl (C=O) groups excluding carboxylic acids is 2. The predicted octanol–water partition coefficient (Wildman–Crippen LogP) is -0.761. The zero-order valence-corrected chi connectivity index (χ0v) is 18.1. The topological polar surface area (TPSA) is 196 Å². The highest BCUT2D eigenvalue weighted by atomic mass is 32.2. The molecule has 2 rings (SSSR count). The molecule has 188 valence electrons. The monoisotopic (exact) mass is 509 g/mol. The number of sulfonamides is 1. The number of hydrogen-bond acceptors (Lipinski definition) is 7. The number of aliphatic hydroxyl groups excluding tert-OH is 2. The van der Waals surface area contributed by atoms with E-state index in [9.17, 15) is 46.2 Å². The van der Waals surface area contributed by atoms with E-state index >= 15 is 0 Å². The van der Waals surface area contributed by atoms with Crippen LogP contribution in [-0.2, 0) is 30.6 Å². The van der Waals surface area contributed by atoms with E-state index in [1.807, 2.05) is 4.72 Å². The predicted molar refractivity (Wildman–Crippen MR) is 108 cm³/mol. The highest BCUT2D eigenvalue weighted by Crippen LogP contribution is 2.30. The third-order valence-electron chi connectivity index (χ3n) is 4.92. The maximum absolute atomic E-state index is 12.9. The third-order valence-corrected chi connectivity index (χ3v) is 6.38. The number of carboxylic acids is 1. The number of halogens is 3. The van der Waals surface area contributed by atoms with Crippen LogP contribution in [0, 0.1) is 0 Å². The first-order valence-electron chi connectivity index (χ1n) is 9.70. The van der Waals surface area contributed by atoms with E-state index in [0.29, 0.717) is 12.1 Å². The van der Waals surface area contributed by atoms with Crippen molar-refractivity contribution in [1.82, 2.24) is 10.0 Å². The van der Waals surface area contributed by atoms with Gasteiger partial charge in [-0.3, -0.25) is 14.4 Å². The van der Waals surface area contributed by atoms with E-state index in [1.165, 1.54) is 0 Å². The summed E-state index contributed by atoms with van der Waals surface area (Å²) in [6, 6.07) is -0.186. The maximum Gasteiger partial charge on any atom is 0.416 e. The van der Waals surface area contributed by atoms with Gasteiger partial charge in [0.25, 0.3) is 0 Å². The standard InChI is InChI=1S/C19H22F3N3O8S/c20-19(21,22)10-2-1-3-11(8-10)34(32,33)25-13-6-9(7-14(26)16(13)29)18(31)24-12(17(23)30)4-5-15(27)28/h1-3,6,8,12-14,16,25-26,29H,4-5,7H2,(H2,23,30)(H,24,31)(H,27,28). The van der Waals surface area contributed by atoms with E-state index in [-0.39, 0.29) is 12.0 Å². The Morgan fingerprint density at radius 2 is 1.85 bits per heavy atom. The average Bonchev–Trinajstić information content (AvgIpc) is 2.73. The number of alkyl halides is 3. The third kappa shape index (κ3) is 6.99. The Labute approximate surface area is 191 Å². The minimum absolute atomic E-state index is 0.267. The molecule has 0 heterocycles. The summed E-state index contributed by atoms with van der Waals surface area (Å²) in [6.07, 6.45) is -8.56. The fourth-order valence-electron chi connectivity index (χ4n) is 3.13. The van der Waals surface area contributed by atoms with E-state index < -0.39 is 81.6 Å². The molecule has 0 saturated heterocycles. The molecule has 15 heteroatoms. The van der Waals surface area contributed by atoms with E-state index in [2.05, 4.69) is 5.32 Å². The number of nitrogens with two attached hydrogens (primary N) is 1. The van der Waals surface area contributed by atoms with Gasteiger partial charge in [0.05, 0.1) is 22.6 Å². The van der Waals surface area contributed by atoms with Gasteiger partial charge >= 0.3 is 12.1 Å². The first kappa shape index (κ1) is 27.2. The molecule has 0 aliphatic heterocycles. The van der Waals surface area contributed by atoms with Crippen LogP contribution in [0.25, 0.3) is 0 Å². The molecule has 1 aromatic rings. The molecule has 0 spiro atoms.